The molecule has 1 aromatic heterocycles. The van der Waals surface area contributed by atoms with Gasteiger partial charge in [-0.05, 0) is 37.4 Å². The zero-order valence-corrected chi connectivity index (χ0v) is 20.2. The van der Waals surface area contributed by atoms with E-state index < -0.39 is 23.8 Å². The van der Waals surface area contributed by atoms with Crippen LogP contribution < -0.4 is 10.1 Å². The van der Waals surface area contributed by atoms with Gasteiger partial charge in [0.2, 0.25) is 5.91 Å². The standard InChI is InChI=1S/C26H26F3N5O3/c1-33-11-13-34(14-12-33)17-25(36)30-22-15-19(7-10-24(22)37-26(27,28)29)23(35)16-20-8-9-21(32-31-20)18-5-3-2-4-6-18/h2-10,15H,11-14,16-17H2,1H3,(H,30,36). The zero-order chi connectivity index (χ0) is 26.4. The highest BCUT2D eigenvalue weighted by Crippen LogP contribution is 2.31. The van der Waals surface area contributed by atoms with Crippen LogP contribution in [-0.4, -0.2) is 77.8 Å². The summed E-state index contributed by atoms with van der Waals surface area (Å²) in [6.07, 6.45) is -5.07. The summed E-state index contributed by atoms with van der Waals surface area (Å²) in [4.78, 5) is 29.5. The normalized spacial score (nSPS) is 14.8. The third kappa shape index (κ3) is 7.58. The van der Waals surface area contributed by atoms with E-state index in [4.69, 9.17) is 0 Å². The molecule has 2 heterocycles. The van der Waals surface area contributed by atoms with E-state index in [1.165, 1.54) is 12.1 Å². The highest BCUT2D eigenvalue weighted by Gasteiger charge is 2.32. The molecule has 0 saturated carbocycles. The van der Waals surface area contributed by atoms with Crippen molar-refractivity contribution in [2.24, 2.45) is 0 Å². The van der Waals surface area contributed by atoms with Gasteiger partial charge in [-0.25, -0.2) is 0 Å². The van der Waals surface area contributed by atoms with Gasteiger partial charge in [0.25, 0.3) is 0 Å². The molecule has 3 aromatic rings. The maximum Gasteiger partial charge on any atom is 0.573 e. The maximum atomic E-state index is 12.9. The lowest BCUT2D eigenvalue weighted by Crippen LogP contribution is -2.47. The molecule has 2 aromatic carbocycles. The van der Waals surface area contributed by atoms with E-state index in [0.717, 1.165) is 24.7 Å². The summed E-state index contributed by atoms with van der Waals surface area (Å²) in [6.45, 7) is 2.92. The molecule has 1 aliphatic heterocycles. The second-order valence-corrected chi connectivity index (χ2v) is 8.76. The van der Waals surface area contributed by atoms with Gasteiger partial charge in [0.15, 0.2) is 11.5 Å². The molecular weight excluding hydrogens is 487 g/mol. The number of piperazine rings is 1. The van der Waals surface area contributed by atoms with E-state index in [1.807, 2.05) is 42.3 Å². The van der Waals surface area contributed by atoms with Crippen molar-refractivity contribution < 1.29 is 27.5 Å². The SMILES string of the molecule is CN1CCN(CC(=O)Nc2cc(C(=O)Cc3ccc(-c4ccccc4)nn3)ccc2OC(F)(F)F)CC1. The first-order valence-electron chi connectivity index (χ1n) is 11.7. The Bertz CT molecular complexity index is 1230. The number of Topliss-reactive ketones (excluding diaryl/α,β-unsaturated/α-hetero) is 1. The number of benzene rings is 2. The smallest absolute Gasteiger partial charge is 0.404 e. The fraction of sp³-hybridized carbons (Fsp3) is 0.308. The number of halogens is 3. The Morgan fingerprint density at radius 3 is 2.35 bits per heavy atom. The number of likely N-dealkylation sites (N-methyl/N-ethyl adjacent to an activating group) is 1. The van der Waals surface area contributed by atoms with Gasteiger partial charge >= 0.3 is 6.36 Å². The largest absolute Gasteiger partial charge is 0.573 e. The molecule has 8 nitrogen and oxygen atoms in total. The zero-order valence-electron chi connectivity index (χ0n) is 20.2. The van der Waals surface area contributed by atoms with Gasteiger partial charge < -0.3 is 15.0 Å². The average molecular weight is 514 g/mol. The molecular formula is C26H26F3N5O3. The van der Waals surface area contributed by atoms with E-state index >= 15 is 0 Å². The minimum Gasteiger partial charge on any atom is -0.404 e. The number of nitrogens with one attached hydrogen (secondary N) is 1. The summed E-state index contributed by atoms with van der Waals surface area (Å²) in [6, 6.07) is 16.3. The van der Waals surface area contributed by atoms with Gasteiger partial charge in [0.05, 0.1) is 30.0 Å². The Morgan fingerprint density at radius 1 is 0.973 bits per heavy atom. The van der Waals surface area contributed by atoms with Crippen LogP contribution in [0.2, 0.25) is 0 Å². The number of rotatable bonds is 8. The third-order valence-electron chi connectivity index (χ3n) is 5.90. The Kier molecular flexibility index (Phi) is 8.14. The summed E-state index contributed by atoms with van der Waals surface area (Å²) in [5.41, 5.74) is 1.81. The molecule has 1 fully saturated rings. The van der Waals surface area contributed by atoms with Crippen LogP contribution in [0.4, 0.5) is 18.9 Å². The second-order valence-electron chi connectivity index (χ2n) is 8.76. The monoisotopic (exact) mass is 513 g/mol. The molecule has 4 rings (SSSR count). The first kappa shape index (κ1) is 26.2. The van der Waals surface area contributed by atoms with Crippen LogP contribution in [0.5, 0.6) is 5.75 Å². The van der Waals surface area contributed by atoms with Crippen molar-refractivity contribution in [3.8, 4) is 17.0 Å². The molecule has 0 radical (unpaired) electrons. The number of carbonyl (C=O) groups is 2. The molecule has 0 unspecified atom stereocenters. The van der Waals surface area contributed by atoms with Crippen LogP contribution in [0.1, 0.15) is 16.1 Å². The van der Waals surface area contributed by atoms with E-state index in [9.17, 15) is 22.8 Å². The van der Waals surface area contributed by atoms with Gasteiger partial charge in [-0.2, -0.15) is 10.2 Å². The van der Waals surface area contributed by atoms with Crippen molar-refractivity contribution in [3.63, 3.8) is 0 Å². The van der Waals surface area contributed by atoms with Gasteiger partial charge in [-0.1, -0.05) is 30.3 Å². The second kappa shape index (κ2) is 11.5. The molecule has 1 saturated heterocycles. The highest BCUT2D eigenvalue weighted by molar-refractivity contribution is 6.00. The molecule has 1 amide bonds. The fourth-order valence-corrected chi connectivity index (χ4v) is 3.90. The van der Waals surface area contributed by atoms with Crippen molar-refractivity contribution in [1.29, 1.82) is 0 Å². The number of aromatic nitrogens is 2. The van der Waals surface area contributed by atoms with E-state index in [0.29, 0.717) is 24.5 Å². The molecule has 194 valence electrons. The van der Waals surface area contributed by atoms with Gasteiger partial charge in [0, 0.05) is 37.3 Å². The van der Waals surface area contributed by atoms with Crippen molar-refractivity contribution in [3.05, 3.63) is 71.9 Å². The lowest BCUT2D eigenvalue weighted by Gasteiger charge is -2.31. The summed E-state index contributed by atoms with van der Waals surface area (Å²) < 4.78 is 42.9. The molecule has 1 aliphatic rings. The molecule has 0 atom stereocenters. The summed E-state index contributed by atoms with van der Waals surface area (Å²) in [7, 11) is 1.98. The average Bonchev–Trinajstić information content (AvgIpc) is 2.86. The van der Waals surface area contributed by atoms with Gasteiger partial charge in [0.1, 0.15) is 0 Å². The number of anilines is 1. The van der Waals surface area contributed by atoms with Crippen molar-refractivity contribution >= 4 is 17.4 Å². The lowest BCUT2D eigenvalue weighted by atomic mass is 10.0. The quantitative estimate of drug-likeness (QED) is 0.460. The number of ketones is 1. The molecule has 0 spiro atoms. The number of carbonyl (C=O) groups excluding carboxylic acids is 2. The number of alkyl halides is 3. The van der Waals surface area contributed by atoms with E-state index in [1.54, 1.807) is 12.1 Å². The van der Waals surface area contributed by atoms with Crippen LogP contribution in [0.25, 0.3) is 11.3 Å². The van der Waals surface area contributed by atoms with Crippen LogP contribution in [0, 0.1) is 0 Å². The lowest BCUT2D eigenvalue weighted by molar-refractivity contribution is -0.274. The predicted molar refractivity (Wildman–Crippen MR) is 131 cm³/mol. The molecule has 37 heavy (non-hydrogen) atoms. The van der Waals surface area contributed by atoms with Crippen molar-refractivity contribution in [1.82, 2.24) is 20.0 Å². The number of nitrogens with zero attached hydrogens (tertiary/aromatic N) is 4. The number of ether oxygens (including phenoxy) is 1. The third-order valence-corrected chi connectivity index (χ3v) is 5.90. The van der Waals surface area contributed by atoms with Crippen LogP contribution in [-0.2, 0) is 11.2 Å². The topological polar surface area (TPSA) is 87.7 Å². The number of amides is 1. The first-order chi connectivity index (χ1) is 17.7. The highest BCUT2D eigenvalue weighted by atomic mass is 19.4. The molecule has 1 N–H and O–H groups in total. The fourth-order valence-electron chi connectivity index (χ4n) is 3.90. The summed E-state index contributed by atoms with van der Waals surface area (Å²) in [5.74, 6) is -1.48. The molecule has 11 heteroatoms. The maximum absolute atomic E-state index is 12.9. The summed E-state index contributed by atoms with van der Waals surface area (Å²) in [5, 5.41) is 10.7. The van der Waals surface area contributed by atoms with E-state index in [-0.39, 0.29) is 24.2 Å². The van der Waals surface area contributed by atoms with Gasteiger partial charge in [-0.15, -0.1) is 13.2 Å². The number of hydrogen-bond donors (Lipinski definition) is 1. The van der Waals surface area contributed by atoms with Crippen molar-refractivity contribution in [2.75, 3.05) is 45.1 Å². The van der Waals surface area contributed by atoms with Crippen LogP contribution >= 0.6 is 0 Å². The Hall–Kier alpha value is -3.83. The molecule has 0 bridgehead atoms. The number of hydrogen-bond acceptors (Lipinski definition) is 7. The Balaban J connectivity index is 1.47. The Labute approximate surface area is 212 Å². The van der Waals surface area contributed by atoms with Crippen LogP contribution in [0.3, 0.4) is 0 Å². The summed E-state index contributed by atoms with van der Waals surface area (Å²) >= 11 is 0. The minimum absolute atomic E-state index is 0.0147. The predicted octanol–water partition coefficient (Wildman–Crippen LogP) is 3.65. The Morgan fingerprint density at radius 2 is 1.70 bits per heavy atom. The minimum atomic E-state index is -4.96. The van der Waals surface area contributed by atoms with Crippen molar-refractivity contribution in [2.45, 2.75) is 12.8 Å². The first-order valence-corrected chi connectivity index (χ1v) is 11.7. The van der Waals surface area contributed by atoms with E-state index in [2.05, 4.69) is 25.2 Å². The molecule has 0 aliphatic carbocycles. The van der Waals surface area contributed by atoms with Gasteiger partial charge in [-0.3, -0.25) is 14.5 Å². The van der Waals surface area contributed by atoms with Crippen LogP contribution in [0.15, 0.2) is 60.7 Å².